The molecule has 0 fully saturated rings. The Morgan fingerprint density at radius 3 is 2.71 bits per heavy atom. The van der Waals surface area contributed by atoms with E-state index >= 15 is 0 Å². The Labute approximate surface area is 137 Å². The summed E-state index contributed by atoms with van der Waals surface area (Å²) in [4.78, 5) is 12.3. The summed E-state index contributed by atoms with van der Waals surface area (Å²) in [6.07, 6.45) is 0. The average Bonchev–Trinajstić information content (AvgIpc) is 3.06. The van der Waals surface area contributed by atoms with Gasteiger partial charge in [-0.05, 0) is 36.4 Å². The number of nitrogens with two attached hydrogens (primary N) is 1. The summed E-state index contributed by atoms with van der Waals surface area (Å²) in [5.74, 6) is -0.112. The zero-order valence-corrected chi connectivity index (χ0v) is 12.9. The maximum absolute atomic E-state index is 13.8. The zero-order chi connectivity index (χ0) is 17.1. The van der Waals surface area contributed by atoms with Gasteiger partial charge in [0.1, 0.15) is 17.3 Å². The number of ether oxygens (including phenoxy) is 1. The summed E-state index contributed by atoms with van der Waals surface area (Å²) in [5, 5.41) is 2.68. The summed E-state index contributed by atoms with van der Waals surface area (Å²) in [7, 11) is 1.48. The molecule has 2 aromatic carbocycles. The van der Waals surface area contributed by atoms with Gasteiger partial charge in [-0.15, -0.1) is 0 Å². The topological polar surface area (TPSA) is 77.5 Å². The molecule has 5 nitrogen and oxygen atoms in total. The van der Waals surface area contributed by atoms with Gasteiger partial charge in [-0.1, -0.05) is 12.1 Å². The molecule has 0 unspecified atom stereocenters. The van der Waals surface area contributed by atoms with E-state index < -0.39 is 11.7 Å². The summed E-state index contributed by atoms with van der Waals surface area (Å²) in [6, 6.07) is 14.1. The van der Waals surface area contributed by atoms with E-state index in [-0.39, 0.29) is 11.5 Å². The first-order valence-corrected chi connectivity index (χ1v) is 7.18. The van der Waals surface area contributed by atoms with Crippen molar-refractivity contribution < 1.29 is 18.3 Å². The molecule has 24 heavy (non-hydrogen) atoms. The maximum atomic E-state index is 13.8. The molecule has 1 aromatic heterocycles. The van der Waals surface area contributed by atoms with Gasteiger partial charge >= 0.3 is 0 Å². The van der Waals surface area contributed by atoms with Gasteiger partial charge in [-0.25, -0.2) is 4.39 Å². The fourth-order valence-corrected chi connectivity index (χ4v) is 2.26. The van der Waals surface area contributed by atoms with E-state index in [1.165, 1.54) is 19.2 Å². The summed E-state index contributed by atoms with van der Waals surface area (Å²) in [6.45, 7) is 0. The second kappa shape index (κ2) is 6.45. The van der Waals surface area contributed by atoms with Crippen LogP contribution in [0.3, 0.4) is 0 Å². The van der Waals surface area contributed by atoms with Crippen LogP contribution in [0.25, 0.3) is 11.3 Å². The standard InChI is InChI=1S/C18H15FN2O3/c1-23-17-10-11(20)6-7-14(17)21-18(22)16-9-8-15(24-16)12-4-2-3-5-13(12)19/h2-10H,20H2,1H3,(H,21,22). The lowest BCUT2D eigenvalue weighted by atomic mass is 10.1. The van der Waals surface area contributed by atoms with E-state index in [1.54, 1.807) is 42.5 Å². The van der Waals surface area contributed by atoms with Crippen molar-refractivity contribution in [2.24, 2.45) is 0 Å². The Bertz CT molecular complexity index is 889. The van der Waals surface area contributed by atoms with Crippen molar-refractivity contribution in [1.29, 1.82) is 0 Å². The monoisotopic (exact) mass is 326 g/mol. The van der Waals surface area contributed by atoms with Crippen LogP contribution >= 0.6 is 0 Å². The molecule has 0 aliphatic carbocycles. The number of benzene rings is 2. The molecular formula is C18H15FN2O3. The molecule has 3 N–H and O–H groups in total. The van der Waals surface area contributed by atoms with Gasteiger partial charge in [0.05, 0.1) is 18.4 Å². The quantitative estimate of drug-likeness (QED) is 0.712. The molecule has 0 bridgehead atoms. The molecule has 0 spiro atoms. The van der Waals surface area contributed by atoms with Gasteiger partial charge in [0.25, 0.3) is 5.91 Å². The van der Waals surface area contributed by atoms with Crippen molar-refractivity contribution in [3.05, 3.63) is 66.2 Å². The molecule has 0 aliphatic rings. The summed E-state index contributed by atoms with van der Waals surface area (Å²) < 4.78 is 24.4. The Morgan fingerprint density at radius 2 is 1.96 bits per heavy atom. The first kappa shape index (κ1) is 15.6. The van der Waals surface area contributed by atoms with Crippen molar-refractivity contribution in [3.8, 4) is 17.1 Å². The molecule has 0 radical (unpaired) electrons. The van der Waals surface area contributed by atoms with E-state index in [9.17, 15) is 9.18 Å². The Morgan fingerprint density at radius 1 is 1.17 bits per heavy atom. The molecular weight excluding hydrogens is 311 g/mol. The van der Waals surface area contributed by atoms with Crippen LogP contribution in [0.1, 0.15) is 10.6 Å². The van der Waals surface area contributed by atoms with Gasteiger partial charge in [0.2, 0.25) is 0 Å². The summed E-state index contributed by atoms with van der Waals surface area (Å²) >= 11 is 0. The third-order valence-electron chi connectivity index (χ3n) is 3.44. The lowest BCUT2D eigenvalue weighted by Gasteiger charge is -2.09. The number of methoxy groups -OCH3 is 1. The molecule has 1 heterocycles. The molecule has 0 atom stereocenters. The number of amides is 1. The van der Waals surface area contributed by atoms with Crippen molar-refractivity contribution in [2.45, 2.75) is 0 Å². The fraction of sp³-hybridized carbons (Fsp3) is 0.0556. The predicted molar refractivity (Wildman–Crippen MR) is 89.5 cm³/mol. The molecule has 0 saturated heterocycles. The normalized spacial score (nSPS) is 10.4. The van der Waals surface area contributed by atoms with Gasteiger partial charge in [-0.3, -0.25) is 4.79 Å². The molecule has 0 aliphatic heterocycles. The number of hydrogen-bond donors (Lipinski definition) is 2. The van der Waals surface area contributed by atoms with Crippen LogP contribution in [0, 0.1) is 5.82 Å². The third kappa shape index (κ3) is 3.08. The Hall–Kier alpha value is -3.28. The number of rotatable bonds is 4. The zero-order valence-electron chi connectivity index (χ0n) is 12.9. The predicted octanol–water partition coefficient (Wildman–Crippen LogP) is 3.93. The Kier molecular flexibility index (Phi) is 4.20. The third-order valence-corrected chi connectivity index (χ3v) is 3.44. The molecule has 0 saturated carbocycles. The van der Waals surface area contributed by atoms with Crippen molar-refractivity contribution in [1.82, 2.24) is 0 Å². The lowest BCUT2D eigenvalue weighted by Crippen LogP contribution is -2.11. The number of carbonyl (C=O) groups is 1. The molecule has 122 valence electrons. The first-order valence-electron chi connectivity index (χ1n) is 7.18. The van der Waals surface area contributed by atoms with Crippen molar-refractivity contribution in [3.63, 3.8) is 0 Å². The SMILES string of the molecule is COc1cc(N)ccc1NC(=O)c1ccc(-c2ccccc2F)o1. The van der Waals surface area contributed by atoms with E-state index in [0.717, 1.165) is 0 Å². The number of furan rings is 1. The molecule has 3 aromatic rings. The molecule has 3 rings (SSSR count). The number of carbonyl (C=O) groups excluding carboxylic acids is 1. The second-order valence-electron chi connectivity index (χ2n) is 5.06. The Balaban J connectivity index is 1.83. The van der Waals surface area contributed by atoms with Gasteiger partial charge in [0.15, 0.2) is 5.76 Å². The van der Waals surface area contributed by atoms with E-state index in [4.69, 9.17) is 14.9 Å². The van der Waals surface area contributed by atoms with E-state index in [1.807, 2.05) is 0 Å². The van der Waals surface area contributed by atoms with Crippen LogP contribution in [0.4, 0.5) is 15.8 Å². The highest BCUT2D eigenvalue weighted by Crippen LogP contribution is 2.28. The van der Waals surface area contributed by atoms with Crippen LogP contribution in [0.5, 0.6) is 5.75 Å². The van der Waals surface area contributed by atoms with Crippen LogP contribution in [-0.2, 0) is 0 Å². The minimum absolute atomic E-state index is 0.0622. The van der Waals surface area contributed by atoms with Crippen LogP contribution in [0.15, 0.2) is 59.0 Å². The first-order chi connectivity index (χ1) is 11.6. The number of anilines is 2. The van der Waals surface area contributed by atoms with Crippen LogP contribution < -0.4 is 15.8 Å². The van der Waals surface area contributed by atoms with E-state index in [0.29, 0.717) is 22.7 Å². The minimum Gasteiger partial charge on any atom is -0.494 e. The highest BCUT2D eigenvalue weighted by atomic mass is 19.1. The molecule has 6 heteroatoms. The van der Waals surface area contributed by atoms with Crippen LogP contribution in [-0.4, -0.2) is 13.0 Å². The molecule has 1 amide bonds. The number of halogens is 1. The average molecular weight is 326 g/mol. The van der Waals surface area contributed by atoms with Crippen molar-refractivity contribution >= 4 is 17.3 Å². The smallest absolute Gasteiger partial charge is 0.291 e. The van der Waals surface area contributed by atoms with E-state index in [2.05, 4.69) is 5.32 Å². The minimum atomic E-state index is -0.472. The van der Waals surface area contributed by atoms with Crippen LogP contribution in [0.2, 0.25) is 0 Å². The highest BCUT2D eigenvalue weighted by molar-refractivity contribution is 6.03. The number of nitrogen functional groups attached to an aromatic ring is 1. The fourth-order valence-electron chi connectivity index (χ4n) is 2.26. The van der Waals surface area contributed by atoms with Crippen molar-refractivity contribution in [2.75, 3.05) is 18.2 Å². The second-order valence-corrected chi connectivity index (χ2v) is 5.06. The van der Waals surface area contributed by atoms with Gasteiger partial charge in [-0.2, -0.15) is 0 Å². The summed E-state index contributed by atoms with van der Waals surface area (Å²) in [5.41, 5.74) is 6.95. The number of hydrogen-bond acceptors (Lipinski definition) is 4. The van der Waals surface area contributed by atoms with Gasteiger partial charge in [0, 0.05) is 11.8 Å². The highest BCUT2D eigenvalue weighted by Gasteiger charge is 2.16. The maximum Gasteiger partial charge on any atom is 0.291 e. The lowest BCUT2D eigenvalue weighted by molar-refractivity contribution is 0.0997. The number of nitrogens with one attached hydrogen (secondary N) is 1. The largest absolute Gasteiger partial charge is 0.494 e. The van der Waals surface area contributed by atoms with Gasteiger partial charge < -0.3 is 20.2 Å².